The summed E-state index contributed by atoms with van der Waals surface area (Å²) >= 11 is 2.21. The molecular weight excluding hydrogens is 163 g/mol. The molecule has 0 aliphatic rings. The maximum absolute atomic E-state index is 2.24. The van der Waals surface area contributed by atoms with Crippen LogP contribution >= 0.6 is 0 Å². The van der Waals surface area contributed by atoms with Crippen LogP contribution in [0.5, 0.6) is 0 Å². The Morgan fingerprint density at radius 3 is 2.36 bits per heavy atom. The van der Waals surface area contributed by atoms with Gasteiger partial charge in [-0.05, 0) is 0 Å². The summed E-state index contributed by atoms with van der Waals surface area (Å²) in [5, 5.41) is 0. The van der Waals surface area contributed by atoms with Gasteiger partial charge in [0.1, 0.15) is 0 Å². The van der Waals surface area contributed by atoms with Crippen LogP contribution in [0.25, 0.3) is 5.57 Å². The van der Waals surface area contributed by atoms with Gasteiger partial charge >= 0.3 is 96.5 Å². The van der Waals surface area contributed by atoms with Crippen LogP contribution in [0, 0.1) is 0 Å². The first-order chi connectivity index (χ1) is 6.75. The summed E-state index contributed by atoms with van der Waals surface area (Å²) in [7, 11) is 0. The molecule has 0 radical (unpaired) electrons. The van der Waals surface area contributed by atoms with Crippen molar-refractivity contribution in [2.45, 2.75) is 33.1 Å². The Morgan fingerprint density at radius 2 is 1.86 bits per heavy atom. The van der Waals surface area contributed by atoms with Gasteiger partial charge in [-0.15, -0.1) is 0 Å². The van der Waals surface area contributed by atoms with E-state index >= 15 is 0 Å². The molecule has 1 aromatic carbocycles. The number of unbranched alkanes of at least 4 members (excludes halogenated alkanes) is 1. The maximum atomic E-state index is 2.24. The van der Waals surface area contributed by atoms with Crippen molar-refractivity contribution in [3.8, 4) is 0 Å². The fraction of sp³-hybridized carbons (Fsp3) is 0.385. The van der Waals surface area contributed by atoms with Crippen molar-refractivity contribution in [1.29, 1.82) is 0 Å². The van der Waals surface area contributed by atoms with E-state index in [-0.39, 0.29) is 0 Å². The zero-order valence-corrected chi connectivity index (χ0v) is 9.51. The first-order valence-electron chi connectivity index (χ1n) is 5.47. The van der Waals surface area contributed by atoms with Crippen molar-refractivity contribution in [3.63, 3.8) is 0 Å². The summed E-state index contributed by atoms with van der Waals surface area (Å²) in [6.07, 6.45) is 3.77. The number of rotatable bonds is 4. The molecule has 0 aromatic heterocycles. The van der Waals surface area contributed by atoms with E-state index in [1.165, 1.54) is 34.6 Å². The van der Waals surface area contributed by atoms with E-state index in [9.17, 15) is 0 Å². The third-order valence-corrected chi connectivity index (χ3v) is 2.51. The summed E-state index contributed by atoms with van der Waals surface area (Å²) in [4.78, 5) is 0. The number of benzene rings is 1. The molecule has 0 aliphatic heterocycles. The van der Waals surface area contributed by atoms with Gasteiger partial charge in [-0.1, -0.05) is 0 Å². The Hall–Kier alpha value is -0.443. The Morgan fingerprint density at radius 1 is 1.21 bits per heavy atom. The number of allylic oxidation sites excluding steroid dienone is 2. The third kappa shape index (κ3) is 3.37. The van der Waals surface area contributed by atoms with Crippen LogP contribution in [0.1, 0.15) is 38.7 Å². The molecule has 0 heterocycles. The monoisotopic (exact) mass is 180 g/mol. The first-order valence-corrected chi connectivity index (χ1v) is 5.47. The van der Waals surface area contributed by atoms with Crippen molar-refractivity contribution in [2.75, 3.05) is 0 Å². The molecule has 0 amide bonds. The summed E-state index contributed by atoms with van der Waals surface area (Å²) in [6, 6.07) is 10.7. The summed E-state index contributed by atoms with van der Waals surface area (Å²) in [5.41, 5.74) is 2.91. The predicted molar refractivity (Wildman–Crippen MR) is 64.3 cm³/mol. The minimum atomic E-state index is 1.21. The Kier molecular flexibility index (Phi) is 5.08. The molecule has 0 aliphatic carbocycles. The van der Waals surface area contributed by atoms with E-state index in [4.69, 9.17) is 0 Å². The van der Waals surface area contributed by atoms with Crippen molar-refractivity contribution < 1.29 is 0 Å². The van der Waals surface area contributed by atoms with E-state index in [2.05, 4.69) is 61.9 Å². The van der Waals surface area contributed by atoms with Crippen molar-refractivity contribution >= 4 is 23.3 Å². The summed E-state index contributed by atoms with van der Waals surface area (Å²) < 4.78 is 1.45. The molecule has 0 spiro atoms. The number of hydrogen-bond acceptors (Lipinski definition) is 0. The van der Waals surface area contributed by atoms with Gasteiger partial charge in [-0.25, -0.2) is 0 Å². The van der Waals surface area contributed by atoms with Crippen LogP contribution in [0.4, 0.5) is 0 Å². The molecule has 0 atom stereocenters. The number of hydrogen-bond donors (Lipinski definition) is 0. The molecule has 0 saturated carbocycles. The second-order valence-corrected chi connectivity index (χ2v) is 3.95. The van der Waals surface area contributed by atoms with Gasteiger partial charge in [0.15, 0.2) is 0 Å². The van der Waals surface area contributed by atoms with E-state index < -0.39 is 0 Å². The molecule has 1 heteroatoms. The minimum absolute atomic E-state index is 1.21. The molecule has 1 rings (SSSR count). The summed E-state index contributed by atoms with van der Waals surface area (Å²) in [6.45, 7) is 4.45. The molecular formula is C13H17Li. The van der Waals surface area contributed by atoms with E-state index in [1.807, 2.05) is 0 Å². The summed E-state index contributed by atoms with van der Waals surface area (Å²) in [5.74, 6) is 0. The molecule has 0 N–H and O–H groups in total. The SMILES string of the molecule is [Li][C](C)=C(CCCC)c1ccccc1. The van der Waals surface area contributed by atoms with Gasteiger partial charge < -0.3 is 0 Å². The Balaban J connectivity index is 2.86. The van der Waals surface area contributed by atoms with Crippen molar-refractivity contribution in [2.24, 2.45) is 0 Å². The predicted octanol–water partition coefficient (Wildman–Crippen LogP) is 3.78. The van der Waals surface area contributed by atoms with Gasteiger partial charge in [0.25, 0.3) is 0 Å². The molecule has 0 nitrogen and oxygen atoms in total. The average Bonchev–Trinajstić information content (AvgIpc) is 2.19. The average molecular weight is 180 g/mol. The van der Waals surface area contributed by atoms with E-state index in [0.717, 1.165) is 0 Å². The van der Waals surface area contributed by atoms with Gasteiger partial charge in [-0.2, -0.15) is 0 Å². The standard InChI is InChI=1S/C13H17.Li/c1-3-5-9-12(4-2)13-10-7-6-8-11-13;/h6-8,10-11H,3,5,9H2,1-2H3;. The second-order valence-electron chi connectivity index (χ2n) is 3.95. The zero-order valence-electron chi connectivity index (χ0n) is 9.51. The van der Waals surface area contributed by atoms with Crippen LogP contribution in [0.2, 0.25) is 0 Å². The van der Waals surface area contributed by atoms with Gasteiger partial charge in [0.05, 0.1) is 0 Å². The molecule has 0 unspecified atom stereocenters. The van der Waals surface area contributed by atoms with Crippen molar-refractivity contribution in [1.82, 2.24) is 0 Å². The second kappa shape index (κ2) is 6.12. The fourth-order valence-electron chi connectivity index (χ4n) is 1.68. The van der Waals surface area contributed by atoms with Crippen LogP contribution in [0.3, 0.4) is 0 Å². The third-order valence-electron chi connectivity index (χ3n) is 2.51. The molecule has 1 aromatic rings. The van der Waals surface area contributed by atoms with Gasteiger partial charge in [0, 0.05) is 0 Å². The normalized spacial score (nSPS) is 12.6. The molecule has 0 bridgehead atoms. The Labute approximate surface area is 96.6 Å². The first kappa shape index (κ1) is 11.6. The molecule has 0 saturated heterocycles. The van der Waals surface area contributed by atoms with Crippen LogP contribution in [0.15, 0.2) is 34.6 Å². The van der Waals surface area contributed by atoms with Gasteiger partial charge in [0.2, 0.25) is 0 Å². The molecule has 0 fully saturated rings. The zero-order chi connectivity index (χ0) is 10.4. The fourth-order valence-corrected chi connectivity index (χ4v) is 1.68. The van der Waals surface area contributed by atoms with Crippen LogP contribution < -0.4 is 0 Å². The molecule has 70 valence electrons. The topological polar surface area (TPSA) is 0 Å². The quantitative estimate of drug-likeness (QED) is 0.618. The molecule has 14 heavy (non-hydrogen) atoms. The Bertz CT molecular complexity index is 294. The van der Waals surface area contributed by atoms with E-state index in [0.29, 0.717) is 0 Å². The van der Waals surface area contributed by atoms with Crippen LogP contribution in [-0.2, 0) is 0 Å². The van der Waals surface area contributed by atoms with Gasteiger partial charge in [-0.3, -0.25) is 0 Å². The van der Waals surface area contributed by atoms with E-state index in [1.54, 1.807) is 0 Å². The van der Waals surface area contributed by atoms with Crippen molar-refractivity contribution in [3.05, 3.63) is 40.1 Å². The van der Waals surface area contributed by atoms with Crippen LogP contribution in [-0.4, -0.2) is 17.7 Å².